The van der Waals surface area contributed by atoms with Gasteiger partial charge < -0.3 is 109 Å². The standard InChI is InChI=1S/C52H96N22O10/c1-32(67-46(79)38(18-24-58)69-44(77)34(59)12-8-22-56)43(76)65-30-42(75)68-39(15-9-23-57)51(84)74-27-11-17-41(74)50(83)73-40(28-33-29-62-31-66-33)49(82)72-36(14-3-5-20-54)47(80)71-37(16-10-26-64-52(60)61)48(81)70-35(13-2-4-19-53)45(78)63-25-7-6-21-55/h16,29,31-32,34-36,38-41H,2-15,17-28,30,53-59H2,1H3,(H,62,66)(H,63,78)(H,65,76)(H,67,79)(H,68,75)(H,69,77)(H,70,81)(H,71,80)(H,72,82)(H,73,83)(H4,60,61,64)/b37-16-/t32-,34-,35-,36-,38-,39+,40-,41-/m0/s1. The number of H-pyrrole nitrogens is 1. The SMILES string of the molecule is C[C@H](NC(=O)[C@H](CCN)NC(=O)[C@@H](N)CCCN)C(=O)NCC(=O)N[C@H](CCCN)C(=O)N1CCC[C@H]1C(=O)N[C@@H](Cc1cnc[nH]1)C(=O)N[C@@H](CCCCN)C(=O)N/C(=C\CCN=C(N)N)C(=O)N[C@@H](CCCCN)C(=O)NCCCCN. The van der Waals surface area contributed by atoms with Gasteiger partial charge in [0, 0.05) is 37.9 Å². The first-order chi connectivity index (χ1) is 40.2. The Balaban J connectivity index is 2.33. The van der Waals surface area contributed by atoms with Crippen molar-refractivity contribution < 1.29 is 47.9 Å². The Labute approximate surface area is 490 Å². The van der Waals surface area contributed by atoms with Crippen LogP contribution in [0, 0.1) is 0 Å². The molecule has 0 bridgehead atoms. The van der Waals surface area contributed by atoms with Crippen LogP contribution in [0.3, 0.4) is 0 Å². The van der Waals surface area contributed by atoms with Gasteiger partial charge in [0.1, 0.15) is 48.0 Å². The molecule has 8 atom stereocenters. The fourth-order valence-electron chi connectivity index (χ4n) is 8.76. The van der Waals surface area contributed by atoms with E-state index in [4.69, 9.17) is 51.6 Å². The largest absolute Gasteiger partial charge is 0.370 e. The summed E-state index contributed by atoms with van der Waals surface area (Å²) in [6.07, 6.45) is 9.32. The number of carbonyl (C=O) groups excluding carboxylic acids is 10. The summed E-state index contributed by atoms with van der Waals surface area (Å²) in [5, 5.41) is 23.8. The lowest BCUT2D eigenvalue weighted by Gasteiger charge is -2.30. The number of likely N-dealkylation sites (tertiary alicyclic amines) is 1. The van der Waals surface area contributed by atoms with Crippen LogP contribution in [0.15, 0.2) is 29.3 Å². The highest BCUT2D eigenvalue weighted by Crippen LogP contribution is 2.21. The number of hydrogen-bond donors (Lipinski definition) is 19. The van der Waals surface area contributed by atoms with Crippen molar-refractivity contribution in [3.8, 4) is 0 Å². The van der Waals surface area contributed by atoms with E-state index in [0.29, 0.717) is 89.7 Å². The third-order valence-corrected chi connectivity index (χ3v) is 13.5. The summed E-state index contributed by atoms with van der Waals surface area (Å²) in [4.78, 5) is 149. The number of aromatic amines is 1. The maximum Gasteiger partial charge on any atom is 0.268 e. The van der Waals surface area contributed by atoms with E-state index in [1.165, 1.54) is 30.4 Å². The molecule has 0 unspecified atom stereocenters. The van der Waals surface area contributed by atoms with Crippen molar-refractivity contribution in [1.29, 1.82) is 0 Å². The molecule has 10 amide bonds. The molecule has 84 heavy (non-hydrogen) atoms. The second-order valence-corrected chi connectivity index (χ2v) is 20.4. The highest BCUT2D eigenvalue weighted by Gasteiger charge is 2.40. The highest BCUT2D eigenvalue weighted by atomic mass is 16.2. The van der Waals surface area contributed by atoms with E-state index in [-0.39, 0.29) is 95.7 Å². The second kappa shape index (κ2) is 41.6. The molecule has 32 nitrogen and oxygen atoms in total. The number of guanidine groups is 1. The van der Waals surface area contributed by atoms with Crippen LogP contribution in [0.5, 0.6) is 0 Å². The first-order valence-electron chi connectivity index (χ1n) is 28.9. The van der Waals surface area contributed by atoms with E-state index < -0.39 is 114 Å². The Morgan fingerprint density at radius 2 is 1.24 bits per heavy atom. The fraction of sp³-hybridized carbons (Fsp3) is 0.692. The van der Waals surface area contributed by atoms with Gasteiger partial charge in [0.05, 0.1) is 18.9 Å². The molecular formula is C52H96N22O10. The van der Waals surface area contributed by atoms with E-state index in [1.807, 2.05) is 0 Å². The van der Waals surface area contributed by atoms with Crippen LogP contribution in [-0.2, 0) is 54.4 Å². The molecular weight excluding hydrogens is 1090 g/mol. The molecule has 0 aromatic carbocycles. The van der Waals surface area contributed by atoms with Crippen LogP contribution in [0.1, 0.15) is 115 Å². The number of aromatic nitrogens is 2. The lowest BCUT2D eigenvalue weighted by atomic mass is 10.0. The van der Waals surface area contributed by atoms with Gasteiger partial charge >= 0.3 is 0 Å². The van der Waals surface area contributed by atoms with Crippen LogP contribution in [0.2, 0.25) is 0 Å². The minimum atomic E-state index is -1.37. The first kappa shape index (κ1) is 72.7. The molecule has 2 rings (SSSR count). The zero-order chi connectivity index (χ0) is 62.4. The topological polar surface area (TPSA) is 557 Å². The van der Waals surface area contributed by atoms with Gasteiger partial charge in [-0.1, -0.05) is 6.08 Å². The number of hydrogen-bond acceptors (Lipinski definition) is 19. The third kappa shape index (κ3) is 27.8. The van der Waals surface area contributed by atoms with E-state index in [0.717, 1.165) is 0 Å². The maximum atomic E-state index is 14.5. The quantitative estimate of drug-likeness (QED) is 0.0125. The summed E-state index contributed by atoms with van der Waals surface area (Å²) in [6.45, 7) is 2.78. The molecule has 1 saturated heterocycles. The van der Waals surface area contributed by atoms with Crippen LogP contribution >= 0.6 is 0 Å². The predicted molar refractivity (Wildman–Crippen MR) is 314 cm³/mol. The van der Waals surface area contributed by atoms with E-state index in [2.05, 4.69) is 62.8 Å². The molecule has 1 aliphatic rings. The minimum Gasteiger partial charge on any atom is -0.370 e. The lowest BCUT2D eigenvalue weighted by Crippen LogP contribution is -2.59. The molecule has 28 N–H and O–H groups in total. The normalized spacial score (nSPS) is 15.6. The van der Waals surface area contributed by atoms with Crippen LogP contribution < -0.4 is 99.5 Å². The molecule has 0 radical (unpaired) electrons. The van der Waals surface area contributed by atoms with Crippen molar-refractivity contribution in [3.63, 3.8) is 0 Å². The predicted octanol–water partition coefficient (Wildman–Crippen LogP) is -7.08. The zero-order valence-electron chi connectivity index (χ0n) is 48.6. The molecule has 1 fully saturated rings. The molecule has 474 valence electrons. The fourth-order valence-corrected chi connectivity index (χ4v) is 8.76. The number of nitrogens with two attached hydrogens (primary N) is 9. The number of unbranched alkanes of at least 4 members (excludes halogenated alkanes) is 3. The van der Waals surface area contributed by atoms with E-state index >= 15 is 0 Å². The summed E-state index contributed by atoms with van der Waals surface area (Å²) in [5.41, 5.74) is 51.2. The van der Waals surface area contributed by atoms with Crippen molar-refractivity contribution >= 4 is 65.0 Å². The molecule has 1 aromatic rings. The van der Waals surface area contributed by atoms with Gasteiger partial charge in [0.15, 0.2) is 5.96 Å². The summed E-state index contributed by atoms with van der Waals surface area (Å²) in [5.74, 6) is -7.24. The van der Waals surface area contributed by atoms with Gasteiger partial charge in [-0.25, -0.2) is 4.98 Å². The van der Waals surface area contributed by atoms with Crippen molar-refractivity contribution in [3.05, 3.63) is 30.0 Å². The summed E-state index contributed by atoms with van der Waals surface area (Å²) in [6, 6.07) is -9.19. The number of aliphatic imine (C=N–C) groups is 1. The van der Waals surface area contributed by atoms with Gasteiger partial charge in [-0.2, -0.15) is 0 Å². The van der Waals surface area contributed by atoms with Crippen molar-refractivity contribution in [2.75, 3.05) is 65.4 Å². The molecule has 0 spiro atoms. The van der Waals surface area contributed by atoms with Gasteiger partial charge in [0.25, 0.3) is 5.91 Å². The van der Waals surface area contributed by atoms with Crippen molar-refractivity contribution in [1.82, 2.24) is 62.7 Å². The minimum absolute atomic E-state index is 0.0302. The van der Waals surface area contributed by atoms with Crippen molar-refractivity contribution in [2.24, 2.45) is 56.6 Å². The zero-order valence-corrected chi connectivity index (χ0v) is 48.6. The van der Waals surface area contributed by atoms with Gasteiger partial charge in [0.2, 0.25) is 53.2 Å². The summed E-state index contributed by atoms with van der Waals surface area (Å²) >= 11 is 0. The average molecular weight is 1190 g/mol. The lowest BCUT2D eigenvalue weighted by molar-refractivity contribution is -0.142. The Hall–Kier alpha value is -7.36. The molecule has 1 aliphatic heterocycles. The van der Waals surface area contributed by atoms with Crippen LogP contribution in [-0.4, -0.2) is 194 Å². The molecule has 2 heterocycles. The Bertz CT molecular complexity index is 2290. The van der Waals surface area contributed by atoms with Crippen molar-refractivity contribution in [2.45, 2.75) is 164 Å². The number of rotatable bonds is 43. The van der Waals surface area contributed by atoms with Gasteiger partial charge in [-0.05, 0) is 149 Å². The first-order valence-corrected chi connectivity index (χ1v) is 28.9. The Kier molecular flexibility index (Phi) is 36.0. The molecule has 32 heteroatoms. The van der Waals surface area contributed by atoms with E-state index in [1.54, 1.807) is 0 Å². The number of amides is 10. The number of carbonyl (C=O) groups is 10. The van der Waals surface area contributed by atoms with Gasteiger partial charge in [-0.3, -0.25) is 52.9 Å². The van der Waals surface area contributed by atoms with Crippen LogP contribution in [0.4, 0.5) is 0 Å². The number of nitrogens with one attached hydrogen (secondary N) is 10. The Morgan fingerprint density at radius 3 is 1.86 bits per heavy atom. The average Bonchev–Trinajstić information content (AvgIpc) is 4.41. The van der Waals surface area contributed by atoms with Gasteiger partial charge in [-0.15, -0.1) is 0 Å². The Morgan fingerprint density at radius 1 is 0.643 bits per heavy atom. The smallest absolute Gasteiger partial charge is 0.268 e. The number of imidazole rings is 1. The number of nitrogens with zero attached hydrogens (tertiary/aromatic N) is 3. The molecule has 0 aliphatic carbocycles. The monoisotopic (exact) mass is 1190 g/mol. The highest BCUT2D eigenvalue weighted by molar-refractivity contribution is 6.02. The summed E-state index contributed by atoms with van der Waals surface area (Å²) < 4.78 is 0. The third-order valence-electron chi connectivity index (χ3n) is 13.5. The second-order valence-electron chi connectivity index (χ2n) is 20.4. The maximum absolute atomic E-state index is 14.5. The molecule has 0 saturated carbocycles. The van der Waals surface area contributed by atoms with E-state index in [9.17, 15) is 47.9 Å². The molecule has 1 aromatic heterocycles. The van der Waals surface area contributed by atoms with Crippen LogP contribution in [0.25, 0.3) is 0 Å². The summed E-state index contributed by atoms with van der Waals surface area (Å²) in [7, 11) is 0.